The summed E-state index contributed by atoms with van der Waals surface area (Å²) in [5.41, 5.74) is -0.203. The van der Waals surface area contributed by atoms with Crippen LogP contribution < -0.4 is 18.7 Å². The average molecular weight is 598 g/mol. The van der Waals surface area contributed by atoms with Crippen molar-refractivity contribution < 1.29 is 35.6 Å². The molecule has 0 radical (unpaired) electrons. The summed E-state index contributed by atoms with van der Waals surface area (Å²) in [6.45, 7) is 3.35. The molecule has 0 aromatic carbocycles. The largest absolute Gasteiger partial charge is 0.484 e. The van der Waals surface area contributed by atoms with Crippen LogP contribution in [0.15, 0.2) is 45.8 Å². The van der Waals surface area contributed by atoms with Gasteiger partial charge in [-0.1, -0.05) is 0 Å². The Morgan fingerprint density at radius 2 is 1.79 bits per heavy atom. The van der Waals surface area contributed by atoms with Gasteiger partial charge in [0.15, 0.2) is 4.21 Å². The molecule has 0 fully saturated rings. The molecule has 0 aliphatic heterocycles. The molecule has 0 spiro atoms. The molecule has 208 valence electrons. The van der Waals surface area contributed by atoms with Crippen LogP contribution in [0.1, 0.15) is 10.7 Å². The van der Waals surface area contributed by atoms with Gasteiger partial charge in [0.25, 0.3) is 15.6 Å². The summed E-state index contributed by atoms with van der Waals surface area (Å²) in [6, 6.07) is 4.25. The molecular weight excluding hydrogens is 574 g/mol. The number of nitrogens with zero attached hydrogens (tertiary/aromatic N) is 5. The highest BCUT2D eigenvalue weighted by Gasteiger charge is 2.39. The van der Waals surface area contributed by atoms with Crippen LogP contribution >= 0.6 is 11.3 Å². The lowest BCUT2D eigenvalue weighted by Gasteiger charge is -2.22. The second kappa shape index (κ2) is 10.9. The first-order valence-electron chi connectivity index (χ1n) is 11.0. The Labute approximate surface area is 227 Å². The topological polar surface area (TPSA) is 180 Å². The van der Waals surface area contributed by atoms with Gasteiger partial charge in [-0.25, -0.2) is 15.0 Å². The van der Waals surface area contributed by atoms with Crippen molar-refractivity contribution in [2.75, 3.05) is 31.1 Å². The summed E-state index contributed by atoms with van der Waals surface area (Å²) < 4.78 is 78.1. The maximum Gasteiger partial charge on any atom is 0.373 e. The predicted molar refractivity (Wildman–Crippen MR) is 141 cm³/mol. The Bertz CT molecular complexity index is 1820. The third-order valence-corrected chi connectivity index (χ3v) is 10.2. The Morgan fingerprint density at radius 1 is 1.05 bits per heavy atom. The van der Waals surface area contributed by atoms with Crippen LogP contribution in [0.3, 0.4) is 0 Å². The van der Waals surface area contributed by atoms with Gasteiger partial charge in [0.2, 0.25) is 11.6 Å². The minimum absolute atomic E-state index is 0.0193. The number of aromatic nitrogens is 4. The first-order valence-corrected chi connectivity index (χ1v) is 14.7. The maximum absolute atomic E-state index is 13.5. The number of thiazole rings is 1. The Morgan fingerprint density at radius 3 is 2.41 bits per heavy atom. The maximum atomic E-state index is 13.5. The highest BCUT2D eigenvalue weighted by Crippen LogP contribution is 2.38. The van der Waals surface area contributed by atoms with Crippen LogP contribution in [-0.4, -0.2) is 68.2 Å². The number of aryl methyl sites for hydroxylation is 2. The van der Waals surface area contributed by atoms with Crippen LogP contribution in [0.2, 0.25) is 0 Å². The Kier molecular flexibility index (Phi) is 7.89. The van der Waals surface area contributed by atoms with Crippen molar-refractivity contribution in [1.29, 1.82) is 0 Å². The van der Waals surface area contributed by atoms with Gasteiger partial charge in [-0.2, -0.15) is 16.8 Å². The molecule has 4 rings (SSSR count). The number of sulfonamides is 1. The van der Waals surface area contributed by atoms with E-state index in [1.807, 2.05) is 0 Å². The molecule has 39 heavy (non-hydrogen) atoms. The van der Waals surface area contributed by atoms with E-state index in [1.165, 1.54) is 43.1 Å². The molecule has 0 aliphatic rings. The highest BCUT2D eigenvalue weighted by molar-refractivity contribution is 8.08. The number of methoxy groups -OCH3 is 2. The monoisotopic (exact) mass is 597 g/mol. The van der Waals surface area contributed by atoms with E-state index in [0.717, 1.165) is 24.5 Å². The normalized spacial score (nSPS) is 12.0. The molecule has 14 nitrogen and oxygen atoms in total. The van der Waals surface area contributed by atoms with E-state index in [0.29, 0.717) is 16.2 Å². The lowest BCUT2D eigenvalue weighted by atomic mass is 10.1. The van der Waals surface area contributed by atoms with Gasteiger partial charge in [0, 0.05) is 30.6 Å². The number of rotatable bonds is 10. The first kappa shape index (κ1) is 28.4. The summed E-state index contributed by atoms with van der Waals surface area (Å²) in [6.07, 6.45) is 3.99. The number of fused-ring (bicyclic) bond motifs is 1. The molecule has 0 unspecified atom stereocenters. The van der Waals surface area contributed by atoms with Crippen LogP contribution in [-0.2, 0) is 25.1 Å². The first-order chi connectivity index (χ1) is 18.4. The predicted octanol–water partition coefficient (Wildman–Crippen LogP) is 1.86. The summed E-state index contributed by atoms with van der Waals surface area (Å²) in [4.78, 5) is 25.2. The second-order valence-corrected chi connectivity index (χ2v) is 12.6. The number of anilines is 1. The van der Waals surface area contributed by atoms with Gasteiger partial charge >= 0.3 is 10.3 Å². The average Bonchev–Trinajstić information content (AvgIpc) is 3.23. The fourth-order valence-corrected chi connectivity index (χ4v) is 8.00. The Balaban J connectivity index is 1.88. The molecule has 0 saturated carbocycles. The van der Waals surface area contributed by atoms with E-state index < -0.39 is 37.5 Å². The molecule has 0 saturated heterocycles. The molecule has 1 N–H and O–H groups in total. The third kappa shape index (κ3) is 5.57. The number of hydrogen-bond acceptors (Lipinski definition) is 12. The van der Waals surface area contributed by atoms with Crippen molar-refractivity contribution in [2.45, 2.75) is 18.1 Å². The van der Waals surface area contributed by atoms with Gasteiger partial charge in [0.1, 0.15) is 17.9 Å². The van der Waals surface area contributed by atoms with Crippen molar-refractivity contribution in [3.63, 3.8) is 0 Å². The van der Waals surface area contributed by atoms with Gasteiger partial charge in [-0.15, -0.1) is 15.0 Å². The lowest BCUT2D eigenvalue weighted by Crippen LogP contribution is -2.37. The van der Waals surface area contributed by atoms with Crippen LogP contribution in [0.5, 0.6) is 11.6 Å². The van der Waals surface area contributed by atoms with Gasteiger partial charge < -0.3 is 14.2 Å². The minimum atomic E-state index is -5.41. The van der Waals surface area contributed by atoms with Gasteiger partial charge in [-0.05, 0) is 32.0 Å². The van der Waals surface area contributed by atoms with Crippen molar-refractivity contribution in [1.82, 2.24) is 19.4 Å². The van der Waals surface area contributed by atoms with E-state index in [4.69, 9.17) is 14.2 Å². The Hall–Kier alpha value is -3.64. The zero-order valence-corrected chi connectivity index (χ0v) is 23.5. The second-order valence-electron chi connectivity index (χ2n) is 7.95. The SMILES string of the molecule is COCCOc1cnc2ccc(-c3cnc(OC)c(N(S(=O)(=O)O)S(=O)(=O)c4sc(C)nc4C)c3)cn2c1=O. The van der Waals surface area contributed by atoms with E-state index >= 15 is 0 Å². The molecule has 0 bridgehead atoms. The highest BCUT2D eigenvalue weighted by atomic mass is 32.3. The van der Waals surface area contributed by atoms with Crippen LogP contribution in [0.25, 0.3) is 16.8 Å². The standard InChI is InChI=1S/C22H23N5O9S3/c1-13-22(37-14(2)25-13)38(29,30)27(39(31,32)33)17-9-16(10-24-20(17)35-4)15-5-6-19-23-11-18(36-8-7-34-3)21(28)26(19)12-15/h5-6,9-12H,7-8H2,1-4H3,(H,31,32,33). The molecule has 17 heteroatoms. The molecule has 0 aliphatic carbocycles. The van der Waals surface area contributed by atoms with Crippen molar-refractivity contribution >= 4 is 43.0 Å². The lowest BCUT2D eigenvalue weighted by molar-refractivity contribution is 0.145. The zero-order chi connectivity index (χ0) is 28.5. The smallest absolute Gasteiger partial charge is 0.373 e. The van der Waals surface area contributed by atoms with Crippen molar-refractivity contribution in [3.8, 4) is 22.8 Å². The van der Waals surface area contributed by atoms with E-state index in [2.05, 4.69) is 15.0 Å². The number of pyridine rings is 2. The summed E-state index contributed by atoms with van der Waals surface area (Å²) in [7, 11) is -7.63. The summed E-state index contributed by atoms with van der Waals surface area (Å²) >= 11 is 0.743. The summed E-state index contributed by atoms with van der Waals surface area (Å²) in [5, 5.41) is 0.376. The van der Waals surface area contributed by atoms with Gasteiger partial charge in [0.05, 0.1) is 30.6 Å². The van der Waals surface area contributed by atoms with Gasteiger partial charge in [-0.3, -0.25) is 13.7 Å². The van der Waals surface area contributed by atoms with Crippen LogP contribution in [0.4, 0.5) is 5.69 Å². The van der Waals surface area contributed by atoms with E-state index in [1.54, 1.807) is 13.0 Å². The molecule has 0 amide bonds. The third-order valence-electron chi connectivity index (χ3n) is 5.29. The summed E-state index contributed by atoms with van der Waals surface area (Å²) in [5.74, 6) is -0.415. The fourth-order valence-electron chi connectivity index (χ4n) is 3.66. The molecule has 0 atom stereocenters. The zero-order valence-electron chi connectivity index (χ0n) is 21.1. The molecule has 4 aromatic heterocycles. The van der Waals surface area contributed by atoms with E-state index in [-0.39, 0.29) is 38.1 Å². The van der Waals surface area contributed by atoms with Crippen molar-refractivity contribution in [2.24, 2.45) is 0 Å². The minimum Gasteiger partial charge on any atom is -0.484 e. The number of ether oxygens (including phenoxy) is 3. The van der Waals surface area contributed by atoms with Crippen molar-refractivity contribution in [3.05, 3.63) is 57.8 Å². The molecule has 4 aromatic rings. The van der Waals surface area contributed by atoms with Crippen LogP contribution in [0, 0.1) is 13.8 Å². The number of hydrogen-bond donors (Lipinski definition) is 1. The van der Waals surface area contributed by atoms with E-state index in [9.17, 15) is 26.2 Å². The fraction of sp³-hybridized carbons (Fsp3) is 0.273. The molecular formula is C22H23N5O9S3. The molecule has 4 heterocycles. The quantitative estimate of drug-likeness (QED) is 0.207.